The van der Waals surface area contributed by atoms with Gasteiger partial charge in [-0.05, 0) is 38.0 Å². The van der Waals surface area contributed by atoms with Gasteiger partial charge in [0.25, 0.3) is 5.91 Å². The number of fused-ring (bicyclic) bond motifs is 1. The normalized spacial score (nSPS) is 25.6. The second-order valence-electron chi connectivity index (χ2n) is 9.60. The summed E-state index contributed by atoms with van der Waals surface area (Å²) in [7, 11) is 0. The number of amides is 1. The first-order valence-electron chi connectivity index (χ1n) is 11.9. The van der Waals surface area contributed by atoms with Crippen LogP contribution in [0.3, 0.4) is 0 Å². The maximum Gasteiger partial charge on any atom is 0.255 e. The van der Waals surface area contributed by atoms with Crippen LogP contribution >= 0.6 is 11.3 Å². The number of morpholine rings is 1. The number of ether oxygens (including phenoxy) is 2. The van der Waals surface area contributed by atoms with Crippen LogP contribution in [0, 0.1) is 0 Å². The standard InChI is InChI=1S/C26H30N2O5S/c1-16-10-27(11-17(2)33-16)12-18-3-6-20(7-4-18)32-14-25-21-13-28(26(31)22(21)15-34-25)23-8-5-19(29)9-24(23)30/h3-4,6-7,15-17,23H,5,8-14H2,1-2H3/t16?,17?,23-/m0/s1. The summed E-state index contributed by atoms with van der Waals surface area (Å²) in [6.45, 7) is 7.78. The van der Waals surface area contributed by atoms with Crippen molar-refractivity contribution in [3.8, 4) is 5.75 Å². The van der Waals surface area contributed by atoms with Gasteiger partial charge in [-0.15, -0.1) is 11.3 Å². The zero-order valence-electron chi connectivity index (χ0n) is 19.6. The van der Waals surface area contributed by atoms with Gasteiger partial charge in [-0.25, -0.2) is 0 Å². The number of Topliss-reactive ketones (excluding diaryl/α,β-unsaturated/α-hetero) is 2. The fourth-order valence-corrected chi connectivity index (χ4v) is 6.19. The Balaban J connectivity index is 1.18. The van der Waals surface area contributed by atoms with Crippen molar-refractivity contribution in [3.63, 3.8) is 0 Å². The number of carbonyl (C=O) groups is 3. The highest BCUT2D eigenvalue weighted by Gasteiger charge is 2.40. The average molecular weight is 483 g/mol. The van der Waals surface area contributed by atoms with Crippen LogP contribution in [0.4, 0.5) is 0 Å². The Kier molecular flexibility index (Phi) is 6.55. The van der Waals surface area contributed by atoms with E-state index in [0.717, 1.165) is 35.8 Å². The largest absolute Gasteiger partial charge is 0.488 e. The van der Waals surface area contributed by atoms with Gasteiger partial charge in [0.2, 0.25) is 0 Å². The Morgan fingerprint density at radius 1 is 1.09 bits per heavy atom. The van der Waals surface area contributed by atoms with Crippen LogP contribution in [-0.2, 0) is 34.0 Å². The summed E-state index contributed by atoms with van der Waals surface area (Å²) in [5.41, 5.74) is 2.85. The van der Waals surface area contributed by atoms with E-state index in [0.29, 0.717) is 31.6 Å². The van der Waals surface area contributed by atoms with Crippen LogP contribution in [0.25, 0.3) is 0 Å². The molecule has 0 N–H and O–H groups in total. The number of hydrogen-bond acceptors (Lipinski definition) is 7. The highest BCUT2D eigenvalue weighted by Crippen LogP contribution is 2.35. The number of rotatable bonds is 6. The molecule has 2 aliphatic heterocycles. The molecule has 8 heteroatoms. The van der Waals surface area contributed by atoms with Crippen molar-refractivity contribution >= 4 is 28.8 Å². The molecule has 34 heavy (non-hydrogen) atoms. The van der Waals surface area contributed by atoms with Crippen LogP contribution in [-0.4, -0.2) is 58.6 Å². The third-order valence-electron chi connectivity index (χ3n) is 6.81. The molecule has 3 heterocycles. The van der Waals surface area contributed by atoms with E-state index in [1.165, 1.54) is 16.9 Å². The number of carbonyl (C=O) groups excluding carboxylic acids is 3. The lowest BCUT2D eigenvalue weighted by molar-refractivity contribution is -0.133. The molecule has 1 aromatic heterocycles. The first-order chi connectivity index (χ1) is 16.4. The molecule has 1 saturated carbocycles. The lowest BCUT2D eigenvalue weighted by atomic mass is 9.92. The summed E-state index contributed by atoms with van der Waals surface area (Å²) < 4.78 is 11.9. The monoisotopic (exact) mass is 482 g/mol. The number of thiophene rings is 1. The lowest BCUT2D eigenvalue weighted by Gasteiger charge is -2.35. The van der Waals surface area contributed by atoms with Crippen molar-refractivity contribution in [1.29, 1.82) is 0 Å². The highest BCUT2D eigenvalue weighted by molar-refractivity contribution is 7.10. The first-order valence-corrected chi connectivity index (χ1v) is 12.8. The van der Waals surface area contributed by atoms with E-state index in [9.17, 15) is 14.4 Å². The molecule has 3 aliphatic rings. The predicted octanol–water partition coefficient (Wildman–Crippen LogP) is 3.58. The summed E-state index contributed by atoms with van der Waals surface area (Å²) in [4.78, 5) is 41.9. The summed E-state index contributed by atoms with van der Waals surface area (Å²) in [5, 5.41) is 1.86. The van der Waals surface area contributed by atoms with Crippen LogP contribution in [0.5, 0.6) is 5.75 Å². The number of hydrogen-bond donors (Lipinski definition) is 0. The van der Waals surface area contributed by atoms with Gasteiger partial charge in [0.15, 0.2) is 5.78 Å². The molecule has 1 amide bonds. The zero-order chi connectivity index (χ0) is 23.8. The molecule has 2 aromatic rings. The molecule has 180 valence electrons. The number of nitrogens with zero attached hydrogens (tertiary/aromatic N) is 2. The molecule has 0 radical (unpaired) electrons. The van der Waals surface area contributed by atoms with Crippen molar-refractivity contribution in [2.75, 3.05) is 13.1 Å². The highest BCUT2D eigenvalue weighted by atomic mass is 32.1. The molecule has 1 aliphatic carbocycles. The second kappa shape index (κ2) is 9.60. The fraction of sp³-hybridized carbons (Fsp3) is 0.500. The minimum Gasteiger partial charge on any atom is -0.488 e. The maximum atomic E-state index is 12.9. The van der Waals surface area contributed by atoms with E-state index in [1.807, 2.05) is 17.5 Å². The van der Waals surface area contributed by atoms with Crippen LogP contribution < -0.4 is 4.74 Å². The topological polar surface area (TPSA) is 76.2 Å². The molecule has 1 saturated heterocycles. The molecule has 0 bridgehead atoms. The van der Waals surface area contributed by atoms with Gasteiger partial charge in [0.05, 0.1) is 30.2 Å². The summed E-state index contributed by atoms with van der Waals surface area (Å²) in [6, 6.07) is 7.69. The van der Waals surface area contributed by atoms with E-state index >= 15 is 0 Å². The average Bonchev–Trinajstić information content (AvgIpc) is 3.33. The van der Waals surface area contributed by atoms with Crippen molar-refractivity contribution in [2.45, 2.75) is 71.1 Å². The third-order valence-corrected chi connectivity index (χ3v) is 7.81. The summed E-state index contributed by atoms with van der Waals surface area (Å²) >= 11 is 1.52. The summed E-state index contributed by atoms with van der Waals surface area (Å²) in [6.07, 6.45) is 1.23. The van der Waals surface area contributed by atoms with E-state index in [4.69, 9.17) is 9.47 Å². The van der Waals surface area contributed by atoms with Crippen molar-refractivity contribution in [1.82, 2.24) is 9.80 Å². The van der Waals surface area contributed by atoms with Crippen molar-refractivity contribution in [2.24, 2.45) is 0 Å². The van der Waals surface area contributed by atoms with Gasteiger partial charge in [0, 0.05) is 48.4 Å². The van der Waals surface area contributed by atoms with E-state index in [2.05, 4.69) is 30.9 Å². The molecule has 1 aromatic carbocycles. The van der Waals surface area contributed by atoms with Crippen LogP contribution in [0.15, 0.2) is 29.6 Å². The molecular formula is C26H30N2O5S. The second-order valence-corrected chi connectivity index (χ2v) is 10.6. The van der Waals surface area contributed by atoms with Crippen LogP contribution in [0.2, 0.25) is 0 Å². The molecule has 5 rings (SSSR count). The zero-order valence-corrected chi connectivity index (χ0v) is 20.4. The Morgan fingerprint density at radius 3 is 2.53 bits per heavy atom. The Bertz CT molecular complexity index is 1090. The molecule has 7 nitrogen and oxygen atoms in total. The lowest BCUT2D eigenvalue weighted by Crippen LogP contribution is -2.44. The van der Waals surface area contributed by atoms with Gasteiger partial charge in [-0.2, -0.15) is 0 Å². The van der Waals surface area contributed by atoms with Gasteiger partial charge < -0.3 is 14.4 Å². The summed E-state index contributed by atoms with van der Waals surface area (Å²) in [5.74, 6) is 0.506. The number of ketones is 2. The maximum absolute atomic E-state index is 12.9. The molecule has 0 spiro atoms. The number of benzene rings is 1. The smallest absolute Gasteiger partial charge is 0.255 e. The van der Waals surface area contributed by atoms with Gasteiger partial charge in [0.1, 0.15) is 18.1 Å². The fourth-order valence-electron chi connectivity index (χ4n) is 5.25. The van der Waals surface area contributed by atoms with E-state index in [-0.39, 0.29) is 36.1 Å². The SMILES string of the molecule is CC1CN(Cc2ccc(OCc3scc4c3CN([C@H]3CCC(=O)CC3=O)C4=O)cc2)CC(C)O1. The predicted molar refractivity (Wildman–Crippen MR) is 128 cm³/mol. The van der Waals surface area contributed by atoms with Gasteiger partial charge in [-0.1, -0.05) is 12.1 Å². The minimum atomic E-state index is -0.485. The Morgan fingerprint density at radius 2 is 1.82 bits per heavy atom. The Hall–Kier alpha value is -2.55. The molecular weight excluding hydrogens is 452 g/mol. The van der Waals surface area contributed by atoms with E-state index in [1.54, 1.807) is 4.90 Å². The van der Waals surface area contributed by atoms with Crippen molar-refractivity contribution in [3.05, 3.63) is 51.2 Å². The molecule has 2 unspecified atom stereocenters. The van der Waals surface area contributed by atoms with Crippen LogP contribution in [0.1, 0.15) is 59.5 Å². The quantitative estimate of drug-likeness (QED) is 0.586. The third kappa shape index (κ3) is 4.80. The van der Waals surface area contributed by atoms with Gasteiger partial charge in [-0.3, -0.25) is 19.3 Å². The van der Waals surface area contributed by atoms with Gasteiger partial charge >= 0.3 is 0 Å². The molecule has 2 fully saturated rings. The first kappa shape index (κ1) is 23.2. The van der Waals surface area contributed by atoms with Crippen molar-refractivity contribution < 1.29 is 23.9 Å². The minimum absolute atomic E-state index is 0.0313. The molecule has 3 atom stereocenters. The van der Waals surface area contributed by atoms with E-state index < -0.39 is 6.04 Å². The Labute approximate surface area is 203 Å².